The largest absolute Gasteiger partial charge is 0.778 e. The first-order valence-electron chi connectivity index (χ1n) is 9.53. The van der Waals surface area contributed by atoms with E-state index in [2.05, 4.69) is 25.6 Å². The van der Waals surface area contributed by atoms with Crippen LogP contribution in [0.1, 0.15) is 19.6 Å². The van der Waals surface area contributed by atoms with E-state index in [4.69, 9.17) is 14.4 Å². The molecular weight excluding hydrogens is 451 g/mol. The Kier molecular flexibility index (Phi) is 7.38. The summed E-state index contributed by atoms with van der Waals surface area (Å²) >= 11 is 0. The number of amides is 2. The Morgan fingerprint density at radius 3 is 2.75 bits per heavy atom. The molecule has 1 aliphatic heterocycles. The number of aromatic nitrogens is 4. The Morgan fingerprint density at radius 2 is 2.06 bits per heavy atom. The van der Waals surface area contributed by atoms with Gasteiger partial charge >= 0.3 is 12.0 Å². The minimum absolute atomic E-state index is 0.110. The molecule has 176 valence electrons. The fourth-order valence-electron chi connectivity index (χ4n) is 3.02. The second-order valence-corrected chi connectivity index (χ2v) is 8.78. The number of hydrogen-bond acceptors (Lipinski definition) is 11. The number of hydrogen-bond donors (Lipinski definition) is 5. The topological polar surface area (TPSA) is 221 Å². The summed E-state index contributed by atoms with van der Waals surface area (Å²) < 4.78 is 23.4. The second kappa shape index (κ2) is 9.85. The number of carbonyl (C=O) groups is 2. The van der Waals surface area contributed by atoms with Crippen LogP contribution in [-0.2, 0) is 18.6 Å². The van der Waals surface area contributed by atoms with E-state index in [9.17, 15) is 29.3 Å². The highest BCUT2D eigenvalue weighted by Gasteiger charge is 2.44. The molecule has 0 spiro atoms. The number of imidazole rings is 1. The van der Waals surface area contributed by atoms with Crippen LogP contribution in [0.15, 0.2) is 12.7 Å². The van der Waals surface area contributed by atoms with Crippen molar-refractivity contribution in [2.75, 3.05) is 24.6 Å². The average Bonchev–Trinajstić information content (AvgIpc) is 3.28. The average molecular weight is 473 g/mol. The second-order valence-electron chi connectivity index (χ2n) is 6.85. The van der Waals surface area contributed by atoms with Gasteiger partial charge in [0.1, 0.15) is 32.2 Å². The summed E-state index contributed by atoms with van der Waals surface area (Å²) in [6, 6.07) is -0.503. The number of carboxylic acid groups (broad SMARTS) is 1. The third-order valence-corrected chi connectivity index (χ3v) is 5.89. The van der Waals surface area contributed by atoms with Gasteiger partial charge in [-0.25, -0.2) is 19.7 Å². The number of anilines is 1. The summed E-state index contributed by atoms with van der Waals surface area (Å²) in [5.41, 5.74) is 0.377. The zero-order valence-corrected chi connectivity index (χ0v) is 17.7. The lowest BCUT2D eigenvalue weighted by Gasteiger charge is -2.25. The summed E-state index contributed by atoms with van der Waals surface area (Å²) in [4.78, 5) is 46.3. The number of carbonyl (C=O) groups excluding carboxylic acids is 1. The molecule has 0 saturated carbocycles. The molecule has 3 heterocycles. The van der Waals surface area contributed by atoms with Gasteiger partial charge in [0.2, 0.25) is 0 Å². The van der Waals surface area contributed by atoms with Gasteiger partial charge in [0.05, 0.1) is 19.4 Å². The fourth-order valence-corrected chi connectivity index (χ4v) is 3.99. The first kappa shape index (κ1) is 24.0. The predicted molar refractivity (Wildman–Crippen MR) is 105 cm³/mol. The molecule has 1 saturated heterocycles. The summed E-state index contributed by atoms with van der Waals surface area (Å²) in [6.45, 7) is 1.51. The van der Waals surface area contributed by atoms with Gasteiger partial charge in [0.15, 0.2) is 23.2 Å². The maximum Gasteiger partial charge on any atom is 0.320 e. The Morgan fingerprint density at radius 1 is 1.31 bits per heavy atom. The number of rotatable bonds is 9. The van der Waals surface area contributed by atoms with E-state index < -0.39 is 63.3 Å². The summed E-state index contributed by atoms with van der Waals surface area (Å²) in [5.74, 6) is -1.19. The highest BCUT2D eigenvalue weighted by molar-refractivity contribution is 7.51. The standard InChI is InChI=1S/C16H23N6O9P/c1-2-17-16(27)21-13-10-14(19-6-18-13)22(7-20-10)15-12(26)11(25)8(31-15)5-30-32(28,29)4-3-9(23)24/h6-8,11-12,15,25-26H,2-5H2,1H3,(H,23,24)(H,28,29)(H2,17,18,19,21,27)/p-1/t8-,11?,12+,15-/m1/s1. The lowest BCUT2D eigenvalue weighted by atomic mass is 10.1. The van der Waals surface area contributed by atoms with Crippen molar-refractivity contribution in [1.29, 1.82) is 0 Å². The molecule has 5 atom stereocenters. The molecule has 2 unspecified atom stereocenters. The maximum absolute atomic E-state index is 11.8. The third-order valence-electron chi connectivity index (χ3n) is 4.57. The van der Waals surface area contributed by atoms with Crippen LogP contribution in [0.25, 0.3) is 11.2 Å². The van der Waals surface area contributed by atoms with Gasteiger partial charge in [-0.3, -0.25) is 14.7 Å². The lowest BCUT2D eigenvalue weighted by molar-refractivity contribution is -0.202. The van der Waals surface area contributed by atoms with E-state index in [0.717, 1.165) is 6.33 Å². The first-order valence-corrected chi connectivity index (χ1v) is 11.3. The Labute approximate surface area is 180 Å². The monoisotopic (exact) mass is 473 g/mol. The molecule has 2 aromatic rings. The van der Waals surface area contributed by atoms with Gasteiger partial charge in [-0.1, -0.05) is 0 Å². The molecular formula is C16H22N6O9P-. The third kappa shape index (κ3) is 5.38. The van der Waals surface area contributed by atoms with Crippen molar-refractivity contribution in [2.45, 2.75) is 37.9 Å². The molecule has 3 rings (SSSR count). The highest BCUT2D eigenvalue weighted by Crippen LogP contribution is 2.40. The molecule has 2 aromatic heterocycles. The van der Waals surface area contributed by atoms with Crippen LogP contribution in [0.5, 0.6) is 0 Å². The molecule has 1 fully saturated rings. The quantitative estimate of drug-likeness (QED) is 0.266. The number of carboxylic acids is 1. The summed E-state index contributed by atoms with van der Waals surface area (Å²) in [7, 11) is -4.48. The van der Waals surface area contributed by atoms with Crippen molar-refractivity contribution in [2.24, 2.45) is 0 Å². The number of aliphatic carboxylic acids is 1. The molecule has 0 bridgehead atoms. The smallest absolute Gasteiger partial charge is 0.320 e. The van der Waals surface area contributed by atoms with E-state index in [-0.39, 0.29) is 17.0 Å². The van der Waals surface area contributed by atoms with Crippen LogP contribution < -0.4 is 15.5 Å². The molecule has 0 aromatic carbocycles. The van der Waals surface area contributed by atoms with Gasteiger partial charge < -0.3 is 39.4 Å². The van der Waals surface area contributed by atoms with Gasteiger partial charge in [-0.2, -0.15) is 0 Å². The van der Waals surface area contributed by atoms with Crippen LogP contribution in [0.4, 0.5) is 10.6 Å². The van der Waals surface area contributed by atoms with E-state index in [0.29, 0.717) is 6.54 Å². The number of nitrogens with one attached hydrogen (secondary N) is 2. The first-order chi connectivity index (χ1) is 15.1. The Hall–Kier alpha value is -2.68. The van der Waals surface area contributed by atoms with Crippen LogP contribution in [0.3, 0.4) is 0 Å². The molecule has 0 radical (unpaired) electrons. The number of ether oxygens (including phenoxy) is 1. The van der Waals surface area contributed by atoms with E-state index >= 15 is 0 Å². The van der Waals surface area contributed by atoms with E-state index in [1.54, 1.807) is 6.92 Å². The predicted octanol–water partition coefficient (Wildman–Crippen LogP) is -1.37. The van der Waals surface area contributed by atoms with Crippen molar-refractivity contribution in [3.05, 3.63) is 12.7 Å². The highest BCUT2D eigenvalue weighted by atomic mass is 31.2. The molecule has 16 heteroatoms. The lowest BCUT2D eigenvalue weighted by Crippen LogP contribution is -2.34. The van der Waals surface area contributed by atoms with E-state index in [1.165, 1.54) is 10.9 Å². The van der Waals surface area contributed by atoms with Crippen molar-refractivity contribution in [3.63, 3.8) is 0 Å². The number of aliphatic hydroxyl groups is 2. The van der Waals surface area contributed by atoms with Gasteiger partial charge in [0, 0.05) is 12.7 Å². The Balaban J connectivity index is 1.74. The minimum Gasteiger partial charge on any atom is -0.778 e. The van der Waals surface area contributed by atoms with E-state index in [1.807, 2.05) is 0 Å². The van der Waals surface area contributed by atoms with Gasteiger partial charge in [0.25, 0.3) is 0 Å². The number of nitrogens with zero attached hydrogens (tertiary/aromatic N) is 4. The molecule has 15 nitrogen and oxygen atoms in total. The summed E-state index contributed by atoms with van der Waals surface area (Å²) in [5, 5.41) is 34.4. The van der Waals surface area contributed by atoms with Gasteiger partial charge in [-0.15, -0.1) is 0 Å². The molecule has 5 N–H and O–H groups in total. The van der Waals surface area contributed by atoms with Crippen LogP contribution in [0, 0.1) is 0 Å². The molecule has 2 amide bonds. The molecule has 0 aliphatic carbocycles. The zero-order valence-electron chi connectivity index (χ0n) is 16.8. The molecule has 1 aliphatic rings. The zero-order chi connectivity index (χ0) is 23.5. The van der Waals surface area contributed by atoms with Gasteiger partial charge in [-0.05, 0) is 6.92 Å². The van der Waals surface area contributed by atoms with Crippen molar-refractivity contribution in [3.8, 4) is 0 Å². The normalized spacial score (nSPS) is 24.9. The van der Waals surface area contributed by atoms with Crippen molar-refractivity contribution >= 4 is 36.6 Å². The van der Waals surface area contributed by atoms with Crippen molar-refractivity contribution < 1.29 is 43.6 Å². The molecule has 32 heavy (non-hydrogen) atoms. The minimum atomic E-state index is -4.48. The number of fused-ring (bicyclic) bond motifs is 1. The fraction of sp³-hybridized carbons (Fsp3) is 0.562. The Bertz CT molecular complexity index is 1030. The maximum atomic E-state index is 11.8. The van der Waals surface area contributed by atoms with Crippen LogP contribution in [0.2, 0.25) is 0 Å². The SMILES string of the molecule is CCNC(=O)Nc1ncnc2c1ncn2[C@@H]1O[C@H](COP(=O)([O-])CCC(=O)O)C(O)[C@@H]1O. The van der Waals surface area contributed by atoms with Crippen LogP contribution in [-0.4, -0.2) is 84.5 Å². The summed E-state index contributed by atoms with van der Waals surface area (Å²) in [6.07, 6.45) is -4.34. The number of aliphatic hydroxyl groups excluding tert-OH is 2. The van der Waals surface area contributed by atoms with Crippen molar-refractivity contribution in [1.82, 2.24) is 24.8 Å². The number of urea groups is 1. The van der Waals surface area contributed by atoms with Crippen LogP contribution >= 0.6 is 7.60 Å².